The Morgan fingerprint density at radius 3 is 2.33 bits per heavy atom. The average molecular weight is 142 g/mol. The second-order valence-electron chi connectivity index (χ2n) is 2.46. The SMILES string of the molecule is C#CCSC(C)C(C)C. The average Bonchev–Trinajstić information content (AvgIpc) is 1.82. The third kappa shape index (κ3) is 4.42. The van der Waals surface area contributed by atoms with E-state index in [9.17, 15) is 0 Å². The zero-order valence-electron chi connectivity index (χ0n) is 6.35. The molecule has 1 atom stereocenters. The van der Waals surface area contributed by atoms with E-state index in [1.54, 1.807) is 0 Å². The summed E-state index contributed by atoms with van der Waals surface area (Å²) in [6.07, 6.45) is 5.11. The van der Waals surface area contributed by atoms with Crippen molar-refractivity contribution >= 4 is 11.8 Å². The molecule has 0 aromatic heterocycles. The molecule has 52 valence electrons. The number of hydrogen-bond acceptors (Lipinski definition) is 1. The number of terminal acetylenes is 1. The highest BCUT2D eigenvalue weighted by molar-refractivity contribution is 8.00. The minimum atomic E-state index is 0.695. The molecule has 0 N–H and O–H groups in total. The predicted molar refractivity (Wildman–Crippen MR) is 45.6 cm³/mol. The topological polar surface area (TPSA) is 0 Å². The van der Waals surface area contributed by atoms with Gasteiger partial charge in [0.25, 0.3) is 0 Å². The highest BCUT2D eigenvalue weighted by atomic mass is 32.2. The lowest BCUT2D eigenvalue weighted by Crippen LogP contribution is -2.05. The molecule has 0 heterocycles. The molecular formula is C8H14S. The molecule has 0 aromatic carbocycles. The van der Waals surface area contributed by atoms with E-state index in [1.807, 2.05) is 11.8 Å². The molecule has 0 radical (unpaired) electrons. The first-order valence-electron chi connectivity index (χ1n) is 3.23. The summed E-state index contributed by atoms with van der Waals surface area (Å²) in [5.41, 5.74) is 0. The van der Waals surface area contributed by atoms with Crippen LogP contribution in [0.3, 0.4) is 0 Å². The van der Waals surface area contributed by atoms with E-state index < -0.39 is 0 Å². The maximum absolute atomic E-state index is 5.11. The van der Waals surface area contributed by atoms with Crippen molar-refractivity contribution in [1.82, 2.24) is 0 Å². The Hall–Kier alpha value is -0.0900. The maximum Gasteiger partial charge on any atom is 0.0547 e. The lowest BCUT2D eigenvalue weighted by atomic mass is 10.2. The molecule has 0 aliphatic heterocycles. The molecule has 0 bridgehead atoms. The van der Waals surface area contributed by atoms with Gasteiger partial charge in [-0.2, -0.15) is 0 Å². The molecule has 0 rings (SSSR count). The van der Waals surface area contributed by atoms with Gasteiger partial charge in [0.15, 0.2) is 0 Å². The Labute approximate surface area is 62.4 Å². The molecule has 0 aromatic rings. The fraction of sp³-hybridized carbons (Fsp3) is 0.750. The third-order valence-electron chi connectivity index (χ3n) is 1.37. The van der Waals surface area contributed by atoms with Crippen LogP contribution in [0.2, 0.25) is 0 Å². The van der Waals surface area contributed by atoms with Gasteiger partial charge in [0.1, 0.15) is 0 Å². The van der Waals surface area contributed by atoms with E-state index in [-0.39, 0.29) is 0 Å². The molecule has 0 saturated heterocycles. The van der Waals surface area contributed by atoms with Gasteiger partial charge in [-0.05, 0) is 5.92 Å². The molecule has 0 amide bonds. The molecule has 0 spiro atoms. The third-order valence-corrected chi connectivity index (χ3v) is 2.77. The van der Waals surface area contributed by atoms with Crippen LogP contribution in [0, 0.1) is 18.3 Å². The summed E-state index contributed by atoms with van der Waals surface area (Å²) in [5, 5.41) is 0.695. The minimum Gasteiger partial charge on any atom is -0.146 e. The predicted octanol–water partition coefficient (Wildman–Crippen LogP) is 2.40. The summed E-state index contributed by atoms with van der Waals surface area (Å²) in [6, 6.07) is 0. The Balaban J connectivity index is 3.29. The molecule has 1 unspecified atom stereocenters. The quantitative estimate of drug-likeness (QED) is 0.545. The Bertz CT molecular complexity index is 99.6. The van der Waals surface area contributed by atoms with Crippen LogP contribution in [-0.4, -0.2) is 11.0 Å². The second-order valence-corrected chi connectivity index (χ2v) is 3.83. The minimum absolute atomic E-state index is 0.695. The summed E-state index contributed by atoms with van der Waals surface area (Å²) < 4.78 is 0. The van der Waals surface area contributed by atoms with Gasteiger partial charge in [0, 0.05) is 5.25 Å². The van der Waals surface area contributed by atoms with Crippen LogP contribution in [0.1, 0.15) is 20.8 Å². The van der Waals surface area contributed by atoms with Crippen molar-refractivity contribution < 1.29 is 0 Å². The molecular weight excluding hydrogens is 128 g/mol. The van der Waals surface area contributed by atoms with Crippen molar-refractivity contribution in [2.75, 3.05) is 5.75 Å². The van der Waals surface area contributed by atoms with Crippen LogP contribution in [0.4, 0.5) is 0 Å². The van der Waals surface area contributed by atoms with E-state index in [4.69, 9.17) is 6.42 Å². The van der Waals surface area contributed by atoms with E-state index >= 15 is 0 Å². The monoisotopic (exact) mass is 142 g/mol. The Kier molecular flexibility index (Phi) is 4.71. The largest absolute Gasteiger partial charge is 0.146 e. The van der Waals surface area contributed by atoms with Crippen LogP contribution in [0.25, 0.3) is 0 Å². The highest BCUT2D eigenvalue weighted by Gasteiger charge is 2.04. The summed E-state index contributed by atoms with van der Waals surface area (Å²) in [6.45, 7) is 6.65. The Morgan fingerprint density at radius 1 is 1.44 bits per heavy atom. The van der Waals surface area contributed by atoms with Crippen LogP contribution < -0.4 is 0 Å². The van der Waals surface area contributed by atoms with Gasteiger partial charge in [-0.15, -0.1) is 18.2 Å². The first kappa shape index (κ1) is 8.91. The van der Waals surface area contributed by atoms with Crippen molar-refractivity contribution in [2.24, 2.45) is 5.92 Å². The van der Waals surface area contributed by atoms with Crippen molar-refractivity contribution in [2.45, 2.75) is 26.0 Å². The van der Waals surface area contributed by atoms with Gasteiger partial charge < -0.3 is 0 Å². The van der Waals surface area contributed by atoms with Gasteiger partial charge in [0.05, 0.1) is 5.75 Å². The lowest BCUT2D eigenvalue weighted by Gasteiger charge is -2.12. The van der Waals surface area contributed by atoms with E-state index in [1.165, 1.54) is 0 Å². The fourth-order valence-corrected chi connectivity index (χ4v) is 1.12. The van der Waals surface area contributed by atoms with Gasteiger partial charge in [-0.25, -0.2) is 0 Å². The van der Waals surface area contributed by atoms with Gasteiger partial charge >= 0.3 is 0 Å². The number of hydrogen-bond donors (Lipinski definition) is 0. The molecule has 0 nitrogen and oxygen atoms in total. The highest BCUT2D eigenvalue weighted by Crippen LogP contribution is 2.17. The van der Waals surface area contributed by atoms with Crippen LogP contribution >= 0.6 is 11.8 Å². The lowest BCUT2D eigenvalue weighted by molar-refractivity contribution is 0.643. The van der Waals surface area contributed by atoms with Gasteiger partial charge in [-0.3, -0.25) is 0 Å². The van der Waals surface area contributed by atoms with Crippen LogP contribution in [0.5, 0.6) is 0 Å². The molecule has 9 heavy (non-hydrogen) atoms. The first-order chi connectivity index (χ1) is 4.18. The zero-order chi connectivity index (χ0) is 7.28. The summed E-state index contributed by atoms with van der Waals surface area (Å²) in [7, 11) is 0. The van der Waals surface area contributed by atoms with Gasteiger partial charge in [0.2, 0.25) is 0 Å². The zero-order valence-corrected chi connectivity index (χ0v) is 7.16. The molecule has 0 aliphatic rings. The summed E-state index contributed by atoms with van der Waals surface area (Å²) >= 11 is 1.85. The number of rotatable bonds is 3. The standard InChI is InChI=1S/C8H14S/c1-5-6-9-8(4)7(2)3/h1,7-8H,6H2,2-4H3. The Morgan fingerprint density at radius 2 is 2.00 bits per heavy atom. The van der Waals surface area contributed by atoms with E-state index in [0.717, 1.165) is 11.7 Å². The fourth-order valence-electron chi connectivity index (χ4n) is 0.372. The van der Waals surface area contributed by atoms with Crippen LogP contribution in [-0.2, 0) is 0 Å². The normalized spacial score (nSPS) is 13.2. The molecule has 0 saturated carbocycles. The molecule has 0 aliphatic carbocycles. The van der Waals surface area contributed by atoms with E-state index in [0.29, 0.717) is 5.25 Å². The van der Waals surface area contributed by atoms with Crippen molar-refractivity contribution in [3.63, 3.8) is 0 Å². The van der Waals surface area contributed by atoms with Crippen molar-refractivity contribution in [3.8, 4) is 12.3 Å². The molecule has 1 heteroatoms. The van der Waals surface area contributed by atoms with E-state index in [2.05, 4.69) is 26.7 Å². The summed E-state index contributed by atoms with van der Waals surface area (Å²) in [4.78, 5) is 0. The molecule has 0 fully saturated rings. The number of thioether (sulfide) groups is 1. The first-order valence-corrected chi connectivity index (χ1v) is 4.28. The van der Waals surface area contributed by atoms with Crippen molar-refractivity contribution in [3.05, 3.63) is 0 Å². The van der Waals surface area contributed by atoms with Crippen molar-refractivity contribution in [1.29, 1.82) is 0 Å². The second kappa shape index (κ2) is 4.76. The van der Waals surface area contributed by atoms with Gasteiger partial charge in [-0.1, -0.05) is 26.7 Å². The smallest absolute Gasteiger partial charge is 0.0547 e. The van der Waals surface area contributed by atoms with Crippen LogP contribution in [0.15, 0.2) is 0 Å². The maximum atomic E-state index is 5.11. The summed E-state index contributed by atoms with van der Waals surface area (Å²) in [5.74, 6) is 4.20.